The van der Waals surface area contributed by atoms with Gasteiger partial charge in [0.25, 0.3) is 5.69 Å². The number of nitrogens with zero attached hydrogens (tertiary/aromatic N) is 1. The molecule has 0 aliphatic carbocycles. The van der Waals surface area contributed by atoms with Crippen molar-refractivity contribution in [1.29, 1.82) is 0 Å². The van der Waals surface area contributed by atoms with Crippen LogP contribution in [0.5, 0.6) is 5.75 Å². The van der Waals surface area contributed by atoms with E-state index in [1.807, 2.05) is 0 Å². The van der Waals surface area contributed by atoms with Crippen LogP contribution in [-0.4, -0.2) is 15.9 Å². The Balaban J connectivity index is 3.17. The van der Waals surface area contributed by atoms with E-state index in [2.05, 4.69) is 5.32 Å². The Morgan fingerprint density at radius 2 is 2.00 bits per heavy atom. The summed E-state index contributed by atoms with van der Waals surface area (Å²) in [6.45, 7) is 5.04. The fraction of sp³-hybridized carbons (Fsp3) is 0.364. The number of nitro benzene ring substituents is 1. The van der Waals surface area contributed by atoms with Crippen molar-refractivity contribution in [2.75, 3.05) is 5.32 Å². The number of nitro groups is 1. The molecule has 0 saturated heterocycles. The fourth-order valence-electron chi connectivity index (χ4n) is 1.10. The molecule has 2 N–H and O–H groups in total. The molecule has 98 valence electrons. The molecule has 0 aliphatic rings. The summed E-state index contributed by atoms with van der Waals surface area (Å²) in [5.41, 5.74) is -1.07. The first-order chi connectivity index (χ1) is 8.12. The molecule has 1 aromatic carbocycles. The van der Waals surface area contributed by atoms with E-state index in [-0.39, 0.29) is 28.1 Å². The first-order valence-electron chi connectivity index (χ1n) is 5.11. The van der Waals surface area contributed by atoms with E-state index >= 15 is 0 Å². The summed E-state index contributed by atoms with van der Waals surface area (Å²) in [6, 6.07) is 2.08. The fourth-order valence-corrected chi connectivity index (χ4v) is 1.31. The van der Waals surface area contributed by atoms with Crippen molar-refractivity contribution in [3.63, 3.8) is 0 Å². The van der Waals surface area contributed by atoms with Crippen LogP contribution in [0.25, 0.3) is 0 Å². The van der Waals surface area contributed by atoms with Crippen LogP contribution in [0.3, 0.4) is 0 Å². The van der Waals surface area contributed by atoms with E-state index < -0.39 is 10.3 Å². The van der Waals surface area contributed by atoms with Gasteiger partial charge in [-0.25, -0.2) is 0 Å². The molecule has 0 unspecified atom stereocenters. The number of anilines is 1. The average Bonchev–Trinajstić information content (AvgIpc) is 2.22. The lowest BCUT2D eigenvalue weighted by atomic mass is 9.95. The third kappa shape index (κ3) is 3.10. The zero-order valence-corrected chi connectivity index (χ0v) is 10.9. The lowest BCUT2D eigenvalue weighted by Gasteiger charge is -2.18. The molecule has 1 amide bonds. The van der Waals surface area contributed by atoms with Crippen LogP contribution >= 0.6 is 11.6 Å². The number of rotatable bonds is 2. The number of carbonyl (C=O) groups excluding carboxylic acids is 1. The molecule has 7 heteroatoms. The number of carbonyl (C=O) groups is 1. The largest absolute Gasteiger partial charge is 0.504 e. The van der Waals surface area contributed by atoms with Crippen LogP contribution in [0, 0.1) is 15.5 Å². The molecular formula is C11H13ClN2O4. The van der Waals surface area contributed by atoms with Gasteiger partial charge >= 0.3 is 0 Å². The summed E-state index contributed by atoms with van der Waals surface area (Å²) in [5, 5.41) is 22.5. The predicted octanol–water partition coefficient (Wildman–Crippen LogP) is 2.94. The van der Waals surface area contributed by atoms with Crippen molar-refractivity contribution < 1.29 is 14.8 Å². The smallest absolute Gasteiger partial charge is 0.273 e. The molecule has 0 heterocycles. The van der Waals surface area contributed by atoms with E-state index in [0.29, 0.717) is 0 Å². The number of aromatic hydroxyl groups is 1. The lowest BCUT2D eigenvalue weighted by molar-refractivity contribution is -0.384. The van der Waals surface area contributed by atoms with Crippen LogP contribution in [0.1, 0.15) is 20.8 Å². The number of hydrogen-bond donors (Lipinski definition) is 2. The highest BCUT2D eigenvalue weighted by molar-refractivity contribution is 6.32. The number of halogens is 1. The van der Waals surface area contributed by atoms with Crippen molar-refractivity contribution >= 4 is 28.9 Å². The maximum absolute atomic E-state index is 11.7. The summed E-state index contributed by atoms with van der Waals surface area (Å²) < 4.78 is 0. The maximum atomic E-state index is 11.7. The Morgan fingerprint density at radius 3 is 2.44 bits per heavy atom. The highest BCUT2D eigenvalue weighted by Crippen LogP contribution is 2.36. The van der Waals surface area contributed by atoms with Gasteiger partial charge in [-0.15, -0.1) is 0 Å². The molecule has 0 fully saturated rings. The van der Waals surface area contributed by atoms with E-state index in [0.717, 1.165) is 12.1 Å². The van der Waals surface area contributed by atoms with Crippen LogP contribution in [0.15, 0.2) is 12.1 Å². The zero-order valence-electron chi connectivity index (χ0n) is 10.2. The van der Waals surface area contributed by atoms with E-state index in [1.165, 1.54) is 0 Å². The Labute approximate surface area is 109 Å². The van der Waals surface area contributed by atoms with Gasteiger partial charge in [-0.2, -0.15) is 0 Å². The molecule has 0 atom stereocenters. The predicted molar refractivity (Wildman–Crippen MR) is 67.9 cm³/mol. The molecule has 0 spiro atoms. The second-order valence-electron chi connectivity index (χ2n) is 4.78. The first-order valence-corrected chi connectivity index (χ1v) is 5.49. The van der Waals surface area contributed by atoms with E-state index in [1.54, 1.807) is 20.8 Å². The van der Waals surface area contributed by atoms with Gasteiger partial charge in [0, 0.05) is 17.5 Å². The lowest BCUT2D eigenvalue weighted by Crippen LogP contribution is -2.27. The van der Waals surface area contributed by atoms with Crippen molar-refractivity contribution in [3.05, 3.63) is 27.3 Å². The normalized spacial score (nSPS) is 11.1. The molecule has 0 radical (unpaired) electrons. The second-order valence-corrected chi connectivity index (χ2v) is 5.19. The van der Waals surface area contributed by atoms with Gasteiger partial charge in [0.2, 0.25) is 5.91 Å². The van der Waals surface area contributed by atoms with Gasteiger partial charge < -0.3 is 10.4 Å². The van der Waals surface area contributed by atoms with Crippen molar-refractivity contribution in [1.82, 2.24) is 0 Å². The number of benzene rings is 1. The number of non-ortho nitro benzene ring substituents is 1. The van der Waals surface area contributed by atoms with E-state index in [9.17, 15) is 20.0 Å². The third-order valence-electron chi connectivity index (χ3n) is 2.19. The molecule has 18 heavy (non-hydrogen) atoms. The zero-order chi connectivity index (χ0) is 14.1. The van der Waals surface area contributed by atoms with Crippen LogP contribution in [0.4, 0.5) is 11.4 Å². The van der Waals surface area contributed by atoms with Crippen molar-refractivity contribution in [2.45, 2.75) is 20.8 Å². The number of phenols is 1. The Kier molecular flexibility index (Phi) is 3.81. The van der Waals surface area contributed by atoms with Crippen molar-refractivity contribution in [3.8, 4) is 5.75 Å². The minimum Gasteiger partial charge on any atom is -0.504 e. The van der Waals surface area contributed by atoms with Gasteiger partial charge in [-0.05, 0) is 0 Å². The van der Waals surface area contributed by atoms with Crippen LogP contribution in [-0.2, 0) is 4.79 Å². The third-order valence-corrected chi connectivity index (χ3v) is 2.48. The summed E-state index contributed by atoms with van der Waals surface area (Å²) in [5.74, 6) is -0.769. The van der Waals surface area contributed by atoms with Crippen molar-refractivity contribution in [2.24, 2.45) is 5.41 Å². The summed E-state index contributed by atoms with van der Waals surface area (Å²) in [6.07, 6.45) is 0. The van der Waals surface area contributed by atoms with Gasteiger partial charge in [-0.1, -0.05) is 32.4 Å². The molecule has 1 rings (SSSR count). The maximum Gasteiger partial charge on any atom is 0.273 e. The number of amides is 1. The molecule has 0 saturated carbocycles. The molecule has 0 aromatic heterocycles. The summed E-state index contributed by atoms with van der Waals surface area (Å²) >= 11 is 5.66. The Hall–Kier alpha value is -1.82. The highest BCUT2D eigenvalue weighted by Gasteiger charge is 2.24. The second kappa shape index (κ2) is 4.81. The number of hydrogen-bond acceptors (Lipinski definition) is 4. The molecular weight excluding hydrogens is 260 g/mol. The topological polar surface area (TPSA) is 92.5 Å². The Bertz CT molecular complexity index is 509. The quantitative estimate of drug-likeness (QED) is 0.492. The van der Waals surface area contributed by atoms with Gasteiger partial charge in [0.05, 0.1) is 15.6 Å². The SMILES string of the molecule is CC(C)(C)C(=O)Nc1cc([N+](=O)[O-])cc(Cl)c1O. The van der Waals surface area contributed by atoms with E-state index in [4.69, 9.17) is 11.6 Å². The average molecular weight is 273 g/mol. The molecule has 0 bridgehead atoms. The highest BCUT2D eigenvalue weighted by atomic mass is 35.5. The summed E-state index contributed by atoms with van der Waals surface area (Å²) in [4.78, 5) is 21.7. The minimum atomic E-state index is -0.691. The Morgan fingerprint density at radius 1 is 1.44 bits per heavy atom. The standard InChI is InChI=1S/C11H13ClN2O4/c1-11(2,3)10(16)13-8-5-6(14(17)18)4-7(12)9(8)15/h4-5,15H,1-3H3,(H,13,16). The molecule has 6 nitrogen and oxygen atoms in total. The van der Waals surface area contributed by atoms with Gasteiger partial charge in [0.1, 0.15) is 0 Å². The molecule has 0 aliphatic heterocycles. The van der Waals surface area contributed by atoms with Crippen LogP contribution < -0.4 is 5.32 Å². The van der Waals surface area contributed by atoms with Gasteiger partial charge in [-0.3, -0.25) is 14.9 Å². The summed E-state index contributed by atoms with van der Waals surface area (Å²) in [7, 11) is 0. The molecule has 1 aromatic rings. The minimum absolute atomic E-state index is 0.0749. The van der Waals surface area contributed by atoms with Gasteiger partial charge in [0.15, 0.2) is 5.75 Å². The number of phenolic OH excluding ortho intramolecular Hbond substituents is 1. The monoisotopic (exact) mass is 272 g/mol. The number of nitrogens with one attached hydrogen (secondary N) is 1. The van der Waals surface area contributed by atoms with Crippen LogP contribution in [0.2, 0.25) is 5.02 Å². The first kappa shape index (κ1) is 14.2.